The molecule has 0 bridgehead atoms. The van der Waals surface area contributed by atoms with Crippen LogP contribution >= 0.6 is 10.7 Å². The number of aromatic nitrogens is 1. The van der Waals surface area contributed by atoms with Crippen molar-refractivity contribution in [3.05, 3.63) is 41.4 Å². The number of allylic oxidation sites excluding steroid dienone is 3. The van der Waals surface area contributed by atoms with Crippen LogP contribution in [0.5, 0.6) is 0 Å². The molecule has 2 atom stereocenters. The Morgan fingerprint density at radius 3 is 2.62 bits per heavy atom. The Bertz CT molecular complexity index is 1200. The first kappa shape index (κ1) is 18.3. The van der Waals surface area contributed by atoms with E-state index in [2.05, 4.69) is 0 Å². The van der Waals surface area contributed by atoms with Crippen molar-refractivity contribution >= 4 is 29.8 Å². The fourth-order valence-electron chi connectivity index (χ4n) is 3.69. The van der Waals surface area contributed by atoms with Crippen molar-refractivity contribution in [2.75, 3.05) is 7.04 Å². The molecule has 0 saturated heterocycles. The van der Waals surface area contributed by atoms with E-state index in [1.807, 2.05) is 0 Å². The molecular formula is C17H19ClF3NO5S2. The Balaban J connectivity index is 2.22. The molecule has 0 radical (unpaired) electrons. The molecule has 12 heteroatoms. The van der Waals surface area contributed by atoms with E-state index in [0.717, 1.165) is 13.0 Å². The Morgan fingerprint density at radius 2 is 2.03 bits per heavy atom. The number of fused-ring (bicyclic) bond motifs is 1. The van der Waals surface area contributed by atoms with Crippen LogP contribution in [-0.4, -0.2) is 38.8 Å². The number of hydrogen-bond acceptors (Lipinski definition) is 5. The summed E-state index contributed by atoms with van der Waals surface area (Å²) in [5.74, 6) is -2.32. The van der Waals surface area contributed by atoms with Gasteiger partial charge in [-0.3, -0.25) is 0 Å². The van der Waals surface area contributed by atoms with Crippen molar-refractivity contribution in [1.29, 1.82) is 0 Å². The van der Waals surface area contributed by atoms with Gasteiger partial charge in [0.2, 0.25) is 0 Å². The normalized spacial score (nSPS) is 27.4. The maximum Gasteiger partial charge on any atom is 0.392 e. The molecular weight excluding hydrogens is 455 g/mol. The van der Waals surface area contributed by atoms with Gasteiger partial charge in [-0.15, -0.1) is 0 Å². The minimum atomic E-state index is -4.70. The van der Waals surface area contributed by atoms with E-state index in [0.29, 0.717) is 10.2 Å². The number of halogens is 4. The minimum Gasteiger partial charge on any atom is -0.499 e. The van der Waals surface area contributed by atoms with Gasteiger partial charge in [0.1, 0.15) is 15.4 Å². The van der Waals surface area contributed by atoms with Crippen LogP contribution in [-0.2, 0) is 36.7 Å². The van der Waals surface area contributed by atoms with Crippen LogP contribution in [0.2, 0.25) is 0 Å². The third kappa shape index (κ3) is 3.61. The molecule has 2 aliphatic carbocycles. The van der Waals surface area contributed by atoms with E-state index in [4.69, 9.17) is 19.5 Å². The summed E-state index contributed by atoms with van der Waals surface area (Å²) >= 11 is 0. The predicted molar refractivity (Wildman–Crippen MR) is 101 cm³/mol. The zero-order chi connectivity index (χ0) is 24.3. The second-order valence-electron chi connectivity index (χ2n) is 7.13. The Labute approximate surface area is 175 Å². The smallest absolute Gasteiger partial charge is 0.392 e. The SMILES string of the molecule is [2H]C([2H])([2H])OC1=CC=CCC1(C)S(=O)(=O)n1cc(S(=O)(=O)Cl)c2c1CC(C(F)(F)F)CC2. The van der Waals surface area contributed by atoms with Gasteiger partial charge in [-0.1, -0.05) is 12.2 Å². The second-order valence-corrected chi connectivity index (χ2v) is 11.9. The maximum atomic E-state index is 13.7. The fraction of sp³-hybridized carbons (Fsp3) is 0.529. The molecule has 0 fully saturated rings. The number of alkyl halides is 3. The van der Waals surface area contributed by atoms with Crippen molar-refractivity contribution in [1.82, 2.24) is 3.97 Å². The summed E-state index contributed by atoms with van der Waals surface area (Å²) in [6, 6.07) is 0. The summed E-state index contributed by atoms with van der Waals surface area (Å²) in [4.78, 5) is -0.587. The standard InChI is InChI=1S/C17H19ClF3NO5S2/c1-16(8-4-3-5-15(16)27-2)29(25,26)22-10-14(28(18,23)24)12-7-6-11(9-13(12)22)17(19,20)21/h3-5,10-11H,6-9H2,1-2H3/i2D3. The predicted octanol–water partition coefficient (Wildman–Crippen LogP) is 3.51. The van der Waals surface area contributed by atoms with E-state index < -0.39 is 66.4 Å². The van der Waals surface area contributed by atoms with Crippen molar-refractivity contribution < 1.29 is 38.9 Å². The number of ether oxygens (including phenoxy) is 1. The first-order valence-corrected chi connectivity index (χ1v) is 12.2. The molecule has 2 aliphatic rings. The molecule has 1 heterocycles. The molecule has 0 spiro atoms. The fourth-order valence-corrected chi connectivity index (χ4v) is 6.73. The van der Waals surface area contributed by atoms with Crippen molar-refractivity contribution in [3.63, 3.8) is 0 Å². The lowest BCUT2D eigenvalue weighted by atomic mass is 9.87. The highest BCUT2D eigenvalue weighted by atomic mass is 35.7. The van der Waals surface area contributed by atoms with Gasteiger partial charge in [0.25, 0.3) is 19.1 Å². The number of nitrogens with zero attached hydrogens (tertiary/aromatic N) is 1. The maximum absolute atomic E-state index is 13.7. The summed E-state index contributed by atoms with van der Waals surface area (Å²) in [7, 11) is -6.72. The highest BCUT2D eigenvalue weighted by molar-refractivity contribution is 8.13. The molecule has 2 unspecified atom stereocenters. The summed E-state index contributed by atoms with van der Waals surface area (Å²) in [5.41, 5.74) is -0.442. The van der Waals surface area contributed by atoms with Crippen LogP contribution in [0.15, 0.2) is 35.1 Å². The molecule has 29 heavy (non-hydrogen) atoms. The lowest BCUT2D eigenvalue weighted by molar-refractivity contribution is -0.177. The van der Waals surface area contributed by atoms with Crippen LogP contribution in [0.4, 0.5) is 13.2 Å². The van der Waals surface area contributed by atoms with Gasteiger partial charge in [-0.05, 0) is 37.8 Å². The average molecular weight is 477 g/mol. The highest BCUT2D eigenvalue weighted by Gasteiger charge is 2.49. The molecule has 0 N–H and O–H groups in total. The van der Waals surface area contributed by atoms with Crippen LogP contribution < -0.4 is 0 Å². The van der Waals surface area contributed by atoms with Gasteiger partial charge in [0.15, 0.2) is 0 Å². The molecule has 0 aromatic carbocycles. The molecule has 6 nitrogen and oxygen atoms in total. The molecule has 1 aromatic heterocycles. The Morgan fingerprint density at radius 1 is 1.34 bits per heavy atom. The van der Waals surface area contributed by atoms with Gasteiger partial charge >= 0.3 is 6.18 Å². The number of hydrogen-bond donors (Lipinski definition) is 0. The molecule has 0 saturated carbocycles. The van der Waals surface area contributed by atoms with Gasteiger partial charge in [-0.25, -0.2) is 20.8 Å². The van der Waals surface area contributed by atoms with Crippen molar-refractivity contribution in [3.8, 4) is 0 Å². The summed E-state index contributed by atoms with van der Waals surface area (Å²) in [5, 5.41) is 0. The monoisotopic (exact) mass is 476 g/mol. The lowest BCUT2D eigenvalue weighted by Gasteiger charge is -2.33. The Kier molecular flexibility index (Phi) is 4.46. The van der Waals surface area contributed by atoms with E-state index in [-0.39, 0.29) is 24.1 Å². The van der Waals surface area contributed by atoms with Crippen LogP contribution in [0.3, 0.4) is 0 Å². The topological polar surface area (TPSA) is 82.4 Å². The third-order valence-corrected chi connectivity index (χ3v) is 9.13. The minimum absolute atomic E-state index is 0.0960. The first-order valence-electron chi connectivity index (χ1n) is 9.94. The van der Waals surface area contributed by atoms with E-state index >= 15 is 0 Å². The van der Waals surface area contributed by atoms with Gasteiger partial charge in [0.05, 0.1) is 17.1 Å². The summed E-state index contributed by atoms with van der Waals surface area (Å²) in [6.45, 7) is 1.16. The number of rotatable bonds is 4. The highest BCUT2D eigenvalue weighted by Crippen LogP contribution is 2.43. The van der Waals surface area contributed by atoms with E-state index in [1.165, 1.54) is 12.2 Å². The van der Waals surface area contributed by atoms with Crippen LogP contribution in [0.25, 0.3) is 0 Å². The first-order chi connectivity index (χ1) is 14.4. The molecule has 0 amide bonds. The van der Waals surface area contributed by atoms with Crippen molar-refractivity contribution in [2.24, 2.45) is 5.92 Å². The zero-order valence-corrected chi connectivity index (χ0v) is 17.4. The summed E-state index contributed by atoms with van der Waals surface area (Å²) in [6.07, 6.45) is -1.76. The molecule has 0 aliphatic heterocycles. The van der Waals surface area contributed by atoms with Crippen LogP contribution in [0.1, 0.15) is 35.1 Å². The Hall–Kier alpha value is -1.46. The largest absolute Gasteiger partial charge is 0.499 e. The van der Waals surface area contributed by atoms with Gasteiger partial charge in [0, 0.05) is 29.0 Å². The van der Waals surface area contributed by atoms with Gasteiger partial charge < -0.3 is 4.74 Å². The van der Waals surface area contributed by atoms with Gasteiger partial charge in [-0.2, -0.15) is 13.2 Å². The lowest BCUT2D eigenvalue weighted by Crippen LogP contribution is -2.43. The zero-order valence-electron chi connectivity index (χ0n) is 18.0. The quantitative estimate of drug-likeness (QED) is 0.621. The second kappa shape index (κ2) is 7.05. The van der Waals surface area contributed by atoms with Crippen molar-refractivity contribution in [2.45, 2.75) is 48.4 Å². The third-order valence-electron chi connectivity index (χ3n) is 5.40. The summed E-state index contributed by atoms with van der Waals surface area (Å²) < 4.78 is 117. The van der Waals surface area contributed by atoms with Crippen LogP contribution in [0, 0.1) is 5.92 Å². The van der Waals surface area contributed by atoms with E-state index in [9.17, 15) is 30.0 Å². The van der Waals surface area contributed by atoms with E-state index in [1.54, 1.807) is 0 Å². The number of methoxy groups -OCH3 is 1. The molecule has 3 rings (SSSR count). The average Bonchev–Trinajstić information content (AvgIpc) is 3.01. The molecule has 162 valence electrons. The molecule has 1 aromatic rings.